The van der Waals surface area contributed by atoms with E-state index in [1.54, 1.807) is 36.4 Å². The zero-order valence-corrected chi connectivity index (χ0v) is 18.0. The van der Waals surface area contributed by atoms with Crippen molar-refractivity contribution in [3.05, 3.63) is 108 Å². The number of rotatable bonds is 3. The summed E-state index contributed by atoms with van der Waals surface area (Å²) >= 11 is 0. The number of carbonyl (C=O) groups excluding carboxylic acids is 3. The van der Waals surface area contributed by atoms with Crippen molar-refractivity contribution in [3.8, 4) is 0 Å². The zero-order valence-electron chi connectivity index (χ0n) is 17.1. The average molecular weight is 461 g/mol. The SMILES string of the molecule is O=P([O-])([O-])[O-].[NH3+]C(=O)c1ccccc1.[NH3+]C(=O)c1ccccc1.[NH3+]C(=O)c1ccccc1. The van der Waals surface area contributed by atoms with Crippen molar-refractivity contribution in [1.82, 2.24) is 0 Å². The van der Waals surface area contributed by atoms with E-state index in [1.165, 1.54) is 0 Å². The van der Waals surface area contributed by atoms with E-state index in [0.717, 1.165) is 0 Å². The lowest BCUT2D eigenvalue weighted by molar-refractivity contribution is -0.432. The molecule has 0 aliphatic rings. The number of quaternary nitrogens is 3. The van der Waals surface area contributed by atoms with Gasteiger partial charge in [0, 0.05) is 0 Å². The fourth-order valence-electron chi connectivity index (χ4n) is 1.87. The lowest BCUT2D eigenvalue weighted by Crippen LogP contribution is -2.56. The van der Waals surface area contributed by atoms with Gasteiger partial charge in [0.2, 0.25) is 0 Å². The molecule has 9 N–H and O–H groups in total. The summed E-state index contributed by atoms with van der Waals surface area (Å²) in [6.45, 7) is 0. The van der Waals surface area contributed by atoms with Gasteiger partial charge in [0.1, 0.15) is 0 Å². The second kappa shape index (κ2) is 15.5. The van der Waals surface area contributed by atoms with Crippen LogP contribution in [0.4, 0.5) is 0 Å². The van der Waals surface area contributed by atoms with Gasteiger partial charge in [-0.3, -0.25) is 17.2 Å². The molecule has 0 unspecified atom stereocenters. The van der Waals surface area contributed by atoms with Gasteiger partial charge in [0.25, 0.3) is 0 Å². The Balaban J connectivity index is 0.000000410. The van der Waals surface area contributed by atoms with Gasteiger partial charge in [-0.2, -0.15) is 7.82 Å². The topological polar surface area (TPSA) is 220 Å². The molecule has 0 aromatic heterocycles. The molecule has 0 heterocycles. The highest BCUT2D eigenvalue weighted by Gasteiger charge is 2.00. The minimum absolute atomic E-state index is 0.129. The molecule has 170 valence electrons. The van der Waals surface area contributed by atoms with E-state index >= 15 is 0 Å². The summed E-state index contributed by atoms with van der Waals surface area (Å²) in [4.78, 5) is 57.2. The second-order valence-corrected chi connectivity index (χ2v) is 6.71. The van der Waals surface area contributed by atoms with Gasteiger partial charge in [-0.15, -0.1) is 0 Å². The molecular weight excluding hydrogens is 437 g/mol. The van der Waals surface area contributed by atoms with Gasteiger partial charge in [-0.05, 0) is 36.4 Å². The van der Waals surface area contributed by atoms with Crippen LogP contribution in [-0.2, 0) is 4.57 Å². The molecule has 0 aliphatic heterocycles. The Morgan fingerprint density at radius 3 is 0.750 bits per heavy atom. The van der Waals surface area contributed by atoms with Crippen LogP contribution in [0.3, 0.4) is 0 Å². The maximum absolute atomic E-state index is 10.5. The molecule has 0 radical (unpaired) electrons. The maximum Gasteiger partial charge on any atom is 0.340 e. The van der Waals surface area contributed by atoms with Crippen molar-refractivity contribution in [2.45, 2.75) is 0 Å². The molecule has 0 saturated carbocycles. The highest BCUT2D eigenvalue weighted by molar-refractivity contribution is 7.40. The van der Waals surface area contributed by atoms with E-state index in [1.807, 2.05) is 54.6 Å². The Labute approximate surface area is 184 Å². The number of phosphoric acid groups is 1. The molecule has 10 nitrogen and oxygen atoms in total. The molecule has 0 atom stereocenters. The minimum atomic E-state index is -5.39. The third-order valence-corrected chi connectivity index (χ3v) is 3.29. The van der Waals surface area contributed by atoms with Crippen molar-refractivity contribution >= 4 is 25.5 Å². The van der Waals surface area contributed by atoms with E-state index in [2.05, 4.69) is 17.2 Å². The van der Waals surface area contributed by atoms with Crippen LogP contribution in [0.15, 0.2) is 91.0 Å². The molecule has 11 heteroatoms. The second-order valence-electron chi connectivity index (χ2n) is 5.81. The number of hydrogen-bond acceptors (Lipinski definition) is 7. The summed E-state index contributed by atoms with van der Waals surface area (Å²) in [5, 5.41) is 0. The third kappa shape index (κ3) is 16.5. The zero-order chi connectivity index (χ0) is 24.6. The molecule has 0 bridgehead atoms. The van der Waals surface area contributed by atoms with Crippen LogP contribution in [0.1, 0.15) is 31.1 Å². The summed E-state index contributed by atoms with van der Waals surface area (Å²) < 4.78 is 8.55. The largest absolute Gasteiger partial charge is 0.822 e. The predicted molar refractivity (Wildman–Crippen MR) is 109 cm³/mol. The number of carbonyl (C=O) groups is 3. The van der Waals surface area contributed by atoms with Gasteiger partial charge in [-0.1, -0.05) is 54.6 Å². The molecule has 3 rings (SSSR count). The van der Waals surface area contributed by atoms with Crippen LogP contribution >= 0.6 is 7.82 Å². The van der Waals surface area contributed by atoms with E-state index in [-0.39, 0.29) is 17.7 Å². The number of amides is 3. The first kappa shape index (κ1) is 28.7. The Morgan fingerprint density at radius 2 is 0.656 bits per heavy atom. The first-order valence-corrected chi connectivity index (χ1v) is 10.3. The average Bonchev–Trinajstić information content (AvgIpc) is 2.75. The molecular formula is C21H24N3O7P. The predicted octanol–water partition coefficient (Wildman–Crippen LogP) is -2.62. The van der Waals surface area contributed by atoms with Crippen LogP contribution in [0, 0.1) is 0 Å². The molecule has 32 heavy (non-hydrogen) atoms. The van der Waals surface area contributed by atoms with Crippen LogP contribution in [-0.4, -0.2) is 17.7 Å². The fraction of sp³-hybridized carbons (Fsp3) is 0. The van der Waals surface area contributed by atoms with Crippen LogP contribution in [0.25, 0.3) is 0 Å². The standard InChI is InChI=1S/3C7H7NO.H3O4P/c3*8-7(9)6-4-2-1-3-5-6;1-5(2,3)4/h3*1-5H,(H2,8,9);(H3,1,2,3,4). The smallest absolute Gasteiger partial charge is 0.340 e. The first-order valence-electron chi connectivity index (χ1n) is 8.89. The summed E-state index contributed by atoms with van der Waals surface area (Å²) in [7, 11) is -5.39. The molecule has 0 saturated heterocycles. The summed E-state index contributed by atoms with van der Waals surface area (Å²) in [6, 6.07) is 27.0. The Hall–Kier alpha value is -3.34. The van der Waals surface area contributed by atoms with Crippen LogP contribution in [0.5, 0.6) is 0 Å². The van der Waals surface area contributed by atoms with Crippen LogP contribution < -0.4 is 31.9 Å². The summed E-state index contributed by atoms with van der Waals surface area (Å²) in [5.41, 5.74) is 11.8. The van der Waals surface area contributed by atoms with Crippen LogP contribution in [0.2, 0.25) is 0 Å². The number of benzene rings is 3. The summed E-state index contributed by atoms with van der Waals surface area (Å²) in [6.07, 6.45) is 0. The monoisotopic (exact) mass is 461 g/mol. The lowest BCUT2D eigenvalue weighted by atomic mass is 10.2. The minimum Gasteiger partial charge on any atom is -0.822 e. The highest BCUT2D eigenvalue weighted by Crippen LogP contribution is 2.03. The molecule has 0 aliphatic carbocycles. The van der Waals surface area contributed by atoms with Crippen molar-refractivity contribution in [1.29, 1.82) is 0 Å². The van der Waals surface area contributed by atoms with Gasteiger partial charge in [0.05, 0.1) is 16.7 Å². The van der Waals surface area contributed by atoms with Gasteiger partial charge < -0.3 is 19.2 Å². The van der Waals surface area contributed by atoms with E-state index in [9.17, 15) is 14.4 Å². The summed E-state index contributed by atoms with van der Waals surface area (Å²) in [5.74, 6) is -0.387. The molecule has 0 spiro atoms. The quantitative estimate of drug-likeness (QED) is 0.352. The van der Waals surface area contributed by atoms with Gasteiger partial charge in [-0.25, -0.2) is 14.4 Å². The highest BCUT2D eigenvalue weighted by atomic mass is 31.2. The van der Waals surface area contributed by atoms with E-state index in [0.29, 0.717) is 16.7 Å². The molecule has 3 aromatic rings. The van der Waals surface area contributed by atoms with Crippen molar-refractivity contribution < 1.29 is 50.8 Å². The molecule has 3 aromatic carbocycles. The maximum atomic E-state index is 10.5. The van der Waals surface area contributed by atoms with Gasteiger partial charge in [0.15, 0.2) is 0 Å². The molecule has 0 fully saturated rings. The van der Waals surface area contributed by atoms with Gasteiger partial charge >= 0.3 is 17.7 Å². The van der Waals surface area contributed by atoms with Crippen molar-refractivity contribution in [2.24, 2.45) is 0 Å². The number of hydrogen-bond donors (Lipinski definition) is 3. The van der Waals surface area contributed by atoms with Crippen molar-refractivity contribution in [3.63, 3.8) is 0 Å². The normalized spacial score (nSPS) is 9.44. The Bertz CT molecular complexity index is 885. The third-order valence-electron chi connectivity index (χ3n) is 3.29. The lowest BCUT2D eigenvalue weighted by Gasteiger charge is -2.36. The van der Waals surface area contributed by atoms with E-state index < -0.39 is 7.82 Å². The van der Waals surface area contributed by atoms with E-state index in [4.69, 9.17) is 19.2 Å². The molecule has 3 amide bonds. The fourth-order valence-corrected chi connectivity index (χ4v) is 1.87. The Kier molecular flexibility index (Phi) is 13.8. The Morgan fingerprint density at radius 1 is 0.500 bits per heavy atom. The first-order chi connectivity index (χ1) is 14.9. The van der Waals surface area contributed by atoms with Crippen molar-refractivity contribution in [2.75, 3.05) is 0 Å².